The minimum Gasteiger partial charge on any atom is -0.493 e. The molecule has 0 heterocycles. The van der Waals surface area contributed by atoms with Gasteiger partial charge in [-0.25, -0.2) is 9.59 Å². The molecule has 0 aliphatic rings. The van der Waals surface area contributed by atoms with E-state index in [0.29, 0.717) is 55.6 Å². The summed E-state index contributed by atoms with van der Waals surface area (Å²) in [6.07, 6.45) is 5.39. The van der Waals surface area contributed by atoms with Gasteiger partial charge in [-0.1, -0.05) is 74.0 Å². The SMILES string of the molecule is C=C=C=C=Cc1ccc(-c2ccc(-c3cc(CCCOC(=O)C(=C)C)c(OCCC(CO)CO)c(CCCOC(=O)C(=C)C)c3)c(CC)c2)cc1.[HH].[HH].[HH].[HH].[HH]. The molecule has 0 aromatic heterocycles. The first-order chi connectivity index (χ1) is 24.6. The van der Waals surface area contributed by atoms with Crippen LogP contribution < -0.4 is 4.74 Å². The fourth-order valence-corrected chi connectivity index (χ4v) is 5.43. The number of carbonyl (C=O) groups excluding carboxylic acids is 2. The summed E-state index contributed by atoms with van der Waals surface area (Å²) in [5.74, 6) is -0.425. The highest BCUT2D eigenvalue weighted by Crippen LogP contribution is 2.36. The Kier molecular flexibility index (Phi) is 16.7. The molecule has 0 saturated carbocycles. The van der Waals surface area contributed by atoms with Crippen LogP contribution in [0, 0.1) is 5.92 Å². The minimum atomic E-state index is -0.426. The van der Waals surface area contributed by atoms with Gasteiger partial charge in [0.25, 0.3) is 0 Å². The van der Waals surface area contributed by atoms with E-state index in [1.54, 1.807) is 13.8 Å². The highest BCUT2D eigenvalue weighted by atomic mass is 16.5. The zero-order chi connectivity index (χ0) is 37.2. The number of aliphatic hydroxyl groups is 2. The van der Waals surface area contributed by atoms with E-state index in [2.05, 4.69) is 86.3 Å². The number of carbonyl (C=O) groups is 2. The van der Waals surface area contributed by atoms with Gasteiger partial charge in [-0.2, -0.15) is 0 Å². The summed E-state index contributed by atoms with van der Waals surface area (Å²) in [4.78, 5) is 24.1. The number of aliphatic hydroxyl groups excluding tert-OH is 2. The maximum atomic E-state index is 12.0. The number of hydrogen-bond donors (Lipinski definition) is 2. The van der Waals surface area contributed by atoms with Crippen LogP contribution in [-0.2, 0) is 38.3 Å². The van der Waals surface area contributed by atoms with Crippen LogP contribution in [0.4, 0.5) is 0 Å². The fourth-order valence-electron chi connectivity index (χ4n) is 5.43. The van der Waals surface area contributed by atoms with Crippen molar-refractivity contribution in [1.82, 2.24) is 0 Å². The Balaban J connectivity index is -0.00000562. The maximum Gasteiger partial charge on any atom is 0.333 e. The molecule has 0 unspecified atom stereocenters. The van der Waals surface area contributed by atoms with Crippen molar-refractivity contribution in [2.24, 2.45) is 5.92 Å². The standard InChI is InChI=1S/C44H50O7.5H2/c1-7-9-10-13-33-16-18-36(19-17-33)37-20-21-41(35(8-2)26-37)40-27-38(14-11-23-50-43(47)31(3)4)42(49-25-22-34(29-45)30-46)39(28-40)15-12-24-51-44(48)32(5)6;;;;;/h13,16-21,26-28,34,45-46H,1,3,5,8,11-12,14-15,22-25,29-30H2,2,4,6H3;5*1H. The minimum absolute atomic E-state index is 0. The molecule has 3 aromatic rings. The van der Waals surface area contributed by atoms with Crippen molar-refractivity contribution in [2.75, 3.05) is 33.0 Å². The predicted octanol–water partition coefficient (Wildman–Crippen LogP) is 9.39. The number of hydrogen-bond acceptors (Lipinski definition) is 7. The van der Waals surface area contributed by atoms with Crippen LogP contribution in [-0.4, -0.2) is 55.2 Å². The summed E-state index contributed by atoms with van der Waals surface area (Å²) < 4.78 is 17.2. The van der Waals surface area contributed by atoms with Crippen molar-refractivity contribution in [3.05, 3.63) is 125 Å². The second-order valence-corrected chi connectivity index (χ2v) is 12.5. The summed E-state index contributed by atoms with van der Waals surface area (Å²) in [6.45, 7) is 16.7. The lowest BCUT2D eigenvalue weighted by molar-refractivity contribution is -0.139. The van der Waals surface area contributed by atoms with E-state index in [1.807, 2.05) is 18.2 Å². The summed E-state index contributed by atoms with van der Waals surface area (Å²) in [7, 11) is 0. The molecule has 7 heteroatoms. The van der Waals surface area contributed by atoms with Crippen molar-refractivity contribution in [2.45, 2.75) is 59.3 Å². The van der Waals surface area contributed by atoms with E-state index in [-0.39, 0.29) is 39.5 Å². The van der Waals surface area contributed by atoms with E-state index >= 15 is 0 Å². The number of benzene rings is 3. The third-order valence-electron chi connectivity index (χ3n) is 8.32. The van der Waals surface area contributed by atoms with Crippen LogP contribution >= 0.6 is 0 Å². The Morgan fingerprint density at radius 3 is 1.86 bits per heavy atom. The summed E-state index contributed by atoms with van der Waals surface area (Å²) in [6, 6.07) is 19.0. The van der Waals surface area contributed by atoms with Gasteiger partial charge in [0.1, 0.15) is 5.75 Å². The van der Waals surface area contributed by atoms with Crippen molar-refractivity contribution in [3.8, 4) is 28.0 Å². The van der Waals surface area contributed by atoms with Crippen LogP contribution in [0.15, 0.2) is 103 Å². The molecule has 0 atom stereocenters. The Bertz CT molecular complexity index is 1760. The second kappa shape index (κ2) is 21.2. The second-order valence-electron chi connectivity index (χ2n) is 12.5. The van der Waals surface area contributed by atoms with Gasteiger partial charge >= 0.3 is 11.9 Å². The molecule has 0 bridgehead atoms. The Labute approximate surface area is 310 Å². The largest absolute Gasteiger partial charge is 0.493 e. The van der Waals surface area contributed by atoms with Crippen molar-refractivity contribution >= 4 is 18.0 Å². The molecule has 0 amide bonds. The summed E-state index contributed by atoms with van der Waals surface area (Å²) in [5.41, 5.74) is 17.3. The first kappa shape index (κ1) is 40.3. The van der Waals surface area contributed by atoms with Crippen molar-refractivity contribution in [3.63, 3.8) is 0 Å². The van der Waals surface area contributed by atoms with E-state index in [9.17, 15) is 19.8 Å². The van der Waals surface area contributed by atoms with Gasteiger partial charge in [-0.15, -0.1) is 0 Å². The molecule has 0 fully saturated rings. The lowest BCUT2D eigenvalue weighted by Gasteiger charge is -2.21. The molecule has 0 saturated heterocycles. The molecule has 2 N–H and O–H groups in total. The normalized spacial score (nSPS) is 10.5. The lowest BCUT2D eigenvalue weighted by Crippen LogP contribution is -2.16. The molecule has 0 radical (unpaired) electrons. The van der Waals surface area contributed by atoms with E-state index in [4.69, 9.17) is 14.2 Å². The highest BCUT2D eigenvalue weighted by molar-refractivity contribution is 5.87. The predicted molar refractivity (Wildman–Crippen MR) is 214 cm³/mol. The highest BCUT2D eigenvalue weighted by Gasteiger charge is 2.18. The van der Waals surface area contributed by atoms with Crippen molar-refractivity contribution < 1.29 is 41.1 Å². The average Bonchev–Trinajstić information content (AvgIpc) is 3.13. The molecular formula is C44H60O7. The van der Waals surface area contributed by atoms with Crippen LogP contribution in [0.3, 0.4) is 0 Å². The molecule has 3 aromatic carbocycles. The zero-order valence-electron chi connectivity index (χ0n) is 30.2. The molecule has 0 aliphatic carbocycles. The van der Waals surface area contributed by atoms with Gasteiger partial charge in [0.2, 0.25) is 0 Å². The summed E-state index contributed by atoms with van der Waals surface area (Å²) >= 11 is 0. The lowest BCUT2D eigenvalue weighted by atomic mass is 9.90. The maximum absolute atomic E-state index is 12.0. The van der Waals surface area contributed by atoms with E-state index in [0.717, 1.165) is 45.4 Å². The molecule has 278 valence electrons. The third kappa shape index (κ3) is 12.6. The number of ether oxygens (including phenoxy) is 3. The van der Waals surface area contributed by atoms with Gasteiger partial charge in [-0.3, -0.25) is 0 Å². The third-order valence-corrected chi connectivity index (χ3v) is 8.32. The quantitative estimate of drug-likeness (QED) is 0.0524. The number of esters is 2. The fraction of sp³-hybridized carbons (Fsp3) is 0.341. The molecule has 7 nitrogen and oxygen atoms in total. The molecule has 3 rings (SSSR count). The number of aryl methyl sites for hydroxylation is 3. The van der Waals surface area contributed by atoms with Gasteiger partial charge in [0.15, 0.2) is 0 Å². The van der Waals surface area contributed by atoms with Gasteiger partial charge < -0.3 is 24.4 Å². The first-order valence-corrected chi connectivity index (χ1v) is 17.4. The van der Waals surface area contributed by atoms with Crippen molar-refractivity contribution in [1.29, 1.82) is 0 Å². The Morgan fingerprint density at radius 2 is 1.35 bits per heavy atom. The van der Waals surface area contributed by atoms with Gasteiger partial charge in [0, 0.05) is 37.4 Å². The van der Waals surface area contributed by atoms with E-state index < -0.39 is 11.9 Å². The van der Waals surface area contributed by atoms with E-state index in [1.165, 1.54) is 5.56 Å². The van der Waals surface area contributed by atoms with Gasteiger partial charge in [-0.05, 0) is 127 Å². The average molecular weight is 701 g/mol. The molecule has 0 aliphatic heterocycles. The first-order valence-electron chi connectivity index (χ1n) is 17.4. The number of rotatable bonds is 20. The van der Waals surface area contributed by atoms with Gasteiger partial charge in [0.05, 0.1) is 19.8 Å². The smallest absolute Gasteiger partial charge is 0.333 e. The molecule has 51 heavy (non-hydrogen) atoms. The van der Waals surface area contributed by atoms with Crippen LogP contribution in [0.5, 0.6) is 5.75 Å². The Hall–Kier alpha value is -5.12. The monoisotopic (exact) mass is 700 g/mol. The zero-order valence-corrected chi connectivity index (χ0v) is 30.2. The molecule has 0 spiro atoms. The summed E-state index contributed by atoms with van der Waals surface area (Å²) in [5, 5.41) is 19.2. The van der Waals surface area contributed by atoms with Crippen LogP contribution in [0.2, 0.25) is 0 Å². The van der Waals surface area contributed by atoms with Crippen LogP contribution in [0.1, 0.15) is 69.4 Å². The Morgan fingerprint density at radius 1 is 0.804 bits per heavy atom. The van der Waals surface area contributed by atoms with Crippen LogP contribution in [0.25, 0.3) is 28.3 Å². The topological polar surface area (TPSA) is 102 Å². The molecular weight excluding hydrogens is 640 g/mol.